The van der Waals surface area contributed by atoms with E-state index in [9.17, 15) is 4.79 Å². The Labute approximate surface area is 216 Å². The number of nitrogens with zero attached hydrogens (tertiary/aromatic N) is 4. The Bertz CT molecular complexity index is 1340. The number of aryl methyl sites for hydroxylation is 2. The summed E-state index contributed by atoms with van der Waals surface area (Å²) >= 11 is 1.66. The predicted octanol–water partition coefficient (Wildman–Crippen LogP) is 5.93. The summed E-state index contributed by atoms with van der Waals surface area (Å²) in [6.07, 6.45) is 8.99. The summed E-state index contributed by atoms with van der Waals surface area (Å²) in [5.74, 6) is 1.07. The molecule has 2 aromatic heterocycles. The lowest BCUT2D eigenvalue weighted by Crippen LogP contribution is -2.27. The molecule has 2 aromatic carbocycles. The second-order valence-corrected chi connectivity index (χ2v) is 10.2. The van der Waals surface area contributed by atoms with Crippen molar-refractivity contribution >= 4 is 28.6 Å². The number of nitrogens with one attached hydrogen (secondary N) is 1. The summed E-state index contributed by atoms with van der Waals surface area (Å²) in [5, 5.41) is 14.1. The molecule has 0 radical (unpaired) electrons. The molecule has 0 spiro atoms. The number of rotatable bonds is 9. The maximum absolute atomic E-state index is 13.0. The maximum atomic E-state index is 13.0. The topological polar surface area (TPSA) is 72.7 Å². The predicted molar refractivity (Wildman–Crippen MR) is 146 cm³/mol. The normalized spacial score (nSPS) is 13.9. The van der Waals surface area contributed by atoms with E-state index in [1.807, 2.05) is 43.3 Å². The molecule has 2 heterocycles. The zero-order valence-corrected chi connectivity index (χ0v) is 21.9. The molecule has 1 amide bonds. The number of aromatic nitrogens is 4. The number of para-hydroxylation sites is 1. The molecule has 0 aliphatic heterocycles. The summed E-state index contributed by atoms with van der Waals surface area (Å²) in [4.78, 5) is 17.9. The van der Waals surface area contributed by atoms with Crippen LogP contribution >= 0.6 is 11.8 Å². The molecule has 0 atom stereocenters. The van der Waals surface area contributed by atoms with E-state index in [0.717, 1.165) is 57.1 Å². The highest BCUT2D eigenvalue weighted by atomic mass is 32.2. The summed E-state index contributed by atoms with van der Waals surface area (Å²) in [6.45, 7) is 2.62. The van der Waals surface area contributed by atoms with Gasteiger partial charge in [0.25, 0.3) is 0 Å². The van der Waals surface area contributed by atoms with Crippen molar-refractivity contribution in [3.63, 3.8) is 0 Å². The Morgan fingerprint density at radius 3 is 2.58 bits per heavy atom. The first kappa shape index (κ1) is 24.5. The summed E-state index contributed by atoms with van der Waals surface area (Å²) in [5.41, 5.74) is 5.05. The van der Waals surface area contributed by atoms with Gasteiger partial charge in [-0.15, -0.1) is 10.2 Å². The molecule has 0 bridgehead atoms. The third-order valence-corrected chi connectivity index (χ3v) is 7.75. The maximum Gasteiger partial charge on any atom is 0.224 e. The standard InChI is InChI=1S/C29H33N5OS/c1-20-24(28(21-11-4-3-5-12-21)23-15-8-9-16-25(23)31-20)19-27(35)30-18-10-17-26-32-33-29(36-2)34(26)22-13-6-7-14-22/h3-5,8-9,11-12,15-16,22H,6-7,10,13-14,17-19H2,1-2H3,(H,30,35). The molecule has 4 aromatic rings. The van der Waals surface area contributed by atoms with Crippen LogP contribution in [0.25, 0.3) is 22.0 Å². The van der Waals surface area contributed by atoms with E-state index >= 15 is 0 Å². The number of hydrogen-bond donors (Lipinski definition) is 1. The summed E-state index contributed by atoms with van der Waals surface area (Å²) in [6, 6.07) is 19.0. The highest BCUT2D eigenvalue weighted by molar-refractivity contribution is 7.98. The number of carbonyl (C=O) groups is 1. The molecule has 36 heavy (non-hydrogen) atoms. The number of hydrogen-bond acceptors (Lipinski definition) is 5. The third-order valence-electron chi connectivity index (χ3n) is 7.11. The average Bonchev–Trinajstić information content (AvgIpc) is 3.57. The monoisotopic (exact) mass is 499 g/mol. The molecule has 1 fully saturated rings. The lowest BCUT2D eigenvalue weighted by Gasteiger charge is -2.17. The van der Waals surface area contributed by atoms with Crippen molar-refractivity contribution in [2.75, 3.05) is 12.8 Å². The van der Waals surface area contributed by atoms with Crippen molar-refractivity contribution in [1.82, 2.24) is 25.1 Å². The first-order valence-corrected chi connectivity index (χ1v) is 14.1. The highest BCUT2D eigenvalue weighted by Gasteiger charge is 2.23. The van der Waals surface area contributed by atoms with Crippen LogP contribution in [-0.4, -0.2) is 38.5 Å². The lowest BCUT2D eigenvalue weighted by atomic mass is 9.92. The van der Waals surface area contributed by atoms with Crippen molar-refractivity contribution in [3.8, 4) is 11.1 Å². The van der Waals surface area contributed by atoms with Gasteiger partial charge in [0.2, 0.25) is 5.91 Å². The first-order valence-electron chi connectivity index (χ1n) is 12.8. The second kappa shape index (κ2) is 11.2. The molecule has 1 aliphatic rings. The zero-order chi connectivity index (χ0) is 24.9. The van der Waals surface area contributed by atoms with Crippen LogP contribution in [0.4, 0.5) is 0 Å². The van der Waals surface area contributed by atoms with Gasteiger partial charge in [0.1, 0.15) is 5.82 Å². The number of pyridine rings is 1. The van der Waals surface area contributed by atoms with Crippen LogP contribution in [0.5, 0.6) is 0 Å². The number of thioether (sulfide) groups is 1. The molecule has 0 saturated heterocycles. The molecule has 1 aliphatic carbocycles. The van der Waals surface area contributed by atoms with Gasteiger partial charge in [-0.05, 0) is 55.2 Å². The van der Waals surface area contributed by atoms with Gasteiger partial charge in [0, 0.05) is 30.1 Å². The van der Waals surface area contributed by atoms with Crippen molar-refractivity contribution < 1.29 is 4.79 Å². The highest BCUT2D eigenvalue weighted by Crippen LogP contribution is 2.34. The van der Waals surface area contributed by atoms with E-state index in [1.54, 1.807) is 11.8 Å². The van der Waals surface area contributed by atoms with Crippen molar-refractivity contribution in [2.24, 2.45) is 0 Å². The van der Waals surface area contributed by atoms with Crippen LogP contribution in [-0.2, 0) is 17.6 Å². The Kier molecular flexibility index (Phi) is 7.66. The molecule has 0 unspecified atom stereocenters. The fourth-order valence-electron chi connectivity index (χ4n) is 5.37. The van der Waals surface area contributed by atoms with Crippen LogP contribution in [0.3, 0.4) is 0 Å². The molecule has 5 rings (SSSR count). The van der Waals surface area contributed by atoms with Gasteiger partial charge in [-0.25, -0.2) is 0 Å². The Hall–Kier alpha value is -3.19. The number of benzene rings is 2. The quantitative estimate of drug-likeness (QED) is 0.228. The molecular formula is C29H33N5OS. The van der Waals surface area contributed by atoms with Gasteiger partial charge < -0.3 is 9.88 Å². The van der Waals surface area contributed by atoms with E-state index in [2.05, 4.69) is 44.5 Å². The minimum atomic E-state index is 0.0226. The van der Waals surface area contributed by atoms with Crippen LogP contribution in [0, 0.1) is 6.92 Å². The Balaban J connectivity index is 1.27. The van der Waals surface area contributed by atoms with Gasteiger partial charge in [-0.1, -0.05) is 73.1 Å². The van der Waals surface area contributed by atoms with Crippen LogP contribution in [0.2, 0.25) is 0 Å². The van der Waals surface area contributed by atoms with Crippen molar-refractivity contribution in [3.05, 3.63) is 71.7 Å². The zero-order valence-electron chi connectivity index (χ0n) is 21.0. The summed E-state index contributed by atoms with van der Waals surface area (Å²) < 4.78 is 2.34. The van der Waals surface area contributed by atoms with Gasteiger partial charge in [-0.3, -0.25) is 9.78 Å². The van der Waals surface area contributed by atoms with Crippen LogP contribution in [0.15, 0.2) is 59.8 Å². The van der Waals surface area contributed by atoms with E-state index in [4.69, 9.17) is 4.98 Å². The molecule has 6 nitrogen and oxygen atoms in total. The number of amides is 1. The van der Waals surface area contributed by atoms with Gasteiger partial charge in [0.15, 0.2) is 5.16 Å². The SMILES string of the molecule is CSc1nnc(CCCNC(=O)Cc2c(C)nc3ccccc3c2-c2ccccc2)n1C1CCCC1. The van der Waals surface area contributed by atoms with Crippen LogP contribution < -0.4 is 5.32 Å². The third kappa shape index (κ3) is 5.16. The summed E-state index contributed by atoms with van der Waals surface area (Å²) in [7, 11) is 0. The lowest BCUT2D eigenvalue weighted by molar-refractivity contribution is -0.120. The molecule has 7 heteroatoms. The Morgan fingerprint density at radius 2 is 1.81 bits per heavy atom. The molecule has 1 N–H and O–H groups in total. The molecular weight excluding hydrogens is 466 g/mol. The number of carbonyl (C=O) groups excluding carboxylic acids is 1. The van der Waals surface area contributed by atoms with Crippen molar-refractivity contribution in [1.29, 1.82) is 0 Å². The minimum Gasteiger partial charge on any atom is -0.356 e. The molecule has 186 valence electrons. The first-order chi connectivity index (χ1) is 17.7. The van der Waals surface area contributed by atoms with E-state index < -0.39 is 0 Å². The van der Waals surface area contributed by atoms with E-state index in [-0.39, 0.29) is 5.91 Å². The number of fused-ring (bicyclic) bond motifs is 1. The van der Waals surface area contributed by atoms with Crippen molar-refractivity contribution in [2.45, 2.75) is 63.1 Å². The van der Waals surface area contributed by atoms with Gasteiger partial charge in [0.05, 0.1) is 11.9 Å². The fourth-order valence-corrected chi connectivity index (χ4v) is 5.94. The van der Waals surface area contributed by atoms with E-state index in [1.165, 1.54) is 25.7 Å². The van der Waals surface area contributed by atoms with Gasteiger partial charge >= 0.3 is 0 Å². The Morgan fingerprint density at radius 1 is 1.06 bits per heavy atom. The minimum absolute atomic E-state index is 0.0226. The van der Waals surface area contributed by atoms with Crippen LogP contribution in [0.1, 0.15) is 55.2 Å². The van der Waals surface area contributed by atoms with Gasteiger partial charge in [-0.2, -0.15) is 0 Å². The fraction of sp³-hybridized carbons (Fsp3) is 0.379. The smallest absolute Gasteiger partial charge is 0.224 e. The largest absolute Gasteiger partial charge is 0.356 e. The van der Waals surface area contributed by atoms with E-state index in [0.29, 0.717) is 19.0 Å². The molecule has 1 saturated carbocycles. The average molecular weight is 500 g/mol. The second-order valence-electron chi connectivity index (χ2n) is 9.48.